The van der Waals surface area contributed by atoms with Crippen molar-refractivity contribution in [1.29, 1.82) is 0 Å². The molecule has 0 radical (unpaired) electrons. The first-order valence-corrected chi connectivity index (χ1v) is 7.91. The van der Waals surface area contributed by atoms with Crippen molar-refractivity contribution in [3.63, 3.8) is 0 Å². The fraction of sp³-hybridized carbons (Fsp3) is 0.571. The van der Waals surface area contributed by atoms with E-state index in [1.54, 1.807) is 11.3 Å². The molecule has 3 rings (SSSR count). The molecule has 0 saturated heterocycles. The highest BCUT2D eigenvalue weighted by molar-refractivity contribution is 7.09. The number of thiazole rings is 1. The molecule has 0 aromatic carbocycles. The molecule has 0 aliphatic heterocycles. The average Bonchev–Trinajstić information content (AvgIpc) is 3.14. The number of carboxylic acids is 1. The van der Waals surface area contributed by atoms with Crippen LogP contribution < -0.4 is 0 Å². The lowest BCUT2D eigenvalue weighted by atomic mass is 9.83. The molecular weight excluding hydrogens is 290 g/mol. The number of hydrogen-bond donors (Lipinski definition) is 1. The minimum absolute atomic E-state index is 0.326. The van der Waals surface area contributed by atoms with E-state index in [0.29, 0.717) is 37.4 Å². The zero-order chi connectivity index (χ0) is 14.9. The van der Waals surface area contributed by atoms with Crippen LogP contribution in [0, 0.1) is 12.3 Å². The molecule has 2 heterocycles. The maximum Gasteiger partial charge on any atom is 0.310 e. The second-order valence-corrected chi connectivity index (χ2v) is 6.58. The van der Waals surface area contributed by atoms with Crippen molar-refractivity contribution >= 4 is 17.3 Å². The number of nitrogens with zero attached hydrogens (tertiary/aromatic N) is 3. The summed E-state index contributed by atoms with van der Waals surface area (Å²) in [5.74, 6) is 0.232. The van der Waals surface area contributed by atoms with Crippen molar-refractivity contribution in [3.05, 3.63) is 27.8 Å². The maximum absolute atomic E-state index is 11.5. The molecule has 1 fully saturated rings. The standard InChI is InChI=1S/C14H17N3O3S/c1-9-8-21-12(15-9)6-10-16-11(20-17-10)7-14(13(18)19)4-2-3-5-14/h8H,2-7H2,1H3,(H,18,19). The highest BCUT2D eigenvalue weighted by atomic mass is 32.1. The third-order valence-electron chi connectivity index (χ3n) is 3.99. The number of aryl methyl sites for hydroxylation is 1. The molecule has 2 aromatic rings. The van der Waals surface area contributed by atoms with Gasteiger partial charge in [0, 0.05) is 17.5 Å². The van der Waals surface area contributed by atoms with E-state index in [-0.39, 0.29) is 0 Å². The van der Waals surface area contributed by atoms with Crippen LogP contribution in [0.25, 0.3) is 0 Å². The predicted molar refractivity (Wildman–Crippen MR) is 76.2 cm³/mol. The van der Waals surface area contributed by atoms with Crippen molar-refractivity contribution in [2.24, 2.45) is 5.41 Å². The Kier molecular flexibility index (Phi) is 3.75. The Labute approximate surface area is 126 Å². The van der Waals surface area contributed by atoms with Crippen molar-refractivity contribution in [3.8, 4) is 0 Å². The number of aromatic nitrogens is 3. The number of carbonyl (C=O) groups is 1. The molecule has 0 amide bonds. The van der Waals surface area contributed by atoms with Crippen molar-refractivity contribution in [2.75, 3.05) is 0 Å². The summed E-state index contributed by atoms with van der Waals surface area (Å²) in [6.07, 6.45) is 4.13. The van der Waals surface area contributed by atoms with Crippen molar-refractivity contribution in [1.82, 2.24) is 15.1 Å². The van der Waals surface area contributed by atoms with E-state index in [2.05, 4.69) is 15.1 Å². The largest absolute Gasteiger partial charge is 0.481 e. The lowest BCUT2D eigenvalue weighted by Crippen LogP contribution is -2.30. The van der Waals surface area contributed by atoms with E-state index in [1.807, 2.05) is 12.3 Å². The lowest BCUT2D eigenvalue weighted by molar-refractivity contribution is -0.148. The lowest BCUT2D eigenvalue weighted by Gasteiger charge is -2.21. The topological polar surface area (TPSA) is 89.1 Å². The van der Waals surface area contributed by atoms with Crippen molar-refractivity contribution < 1.29 is 14.4 Å². The maximum atomic E-state index is 11.5. The smallest absolute Gasteiger partial charge is 0.310 e. The van der Waals surface area contributed by atoms with E-state index in [0.717, 1.165) is 23.5 Å². The van der Waals surface area contributed by atoms with Gasteiger partial charge in [0.2, 0.25) is 5.89 Å². The van der Waals surface area contributed by atoms with E-state index in [4.69, 9.17) is 4.52 Å². The van der Waals surface area contributed by atoms with Crippen LogP contribution in [0.1, 0.15) is 48.1 Å². The number of aliphatic carboxylic acids is 1. The third kappa shape index (κ3) is 2.97. The van der Waals surface area contributed by atoms with Gasteiger partial charge in [-0.05, 0) is 19.8 Å². The summed E-state index contributed by atoms with van der Waals surface area (Å²) in [5.41, 5.74) is 0.260. The second-order valence-electron chi connectivity index (χ2n) is 5.63. The van der Waals surface area contributed by atoms with Gasteiger partial charge in [0.1, 0.15) is 5.01 Å². The number of hydrogen-bond acceptors (Lipinski definition) is 6. The Bertz CT molecular complexity index is 643. The minimum Gasteiger partial charge on any atom is -0.481 e. The Morgan fingerprint density at radius 3 is 2.81 bits per heavy atom. The molecular formula is C14H17N3O3S. The van der Waals surface area contributed by atoms with Gasteiger partial charge in [-0.1, -0.05) is 18.0 Å². The average molecular weight is 307 g/mol. The van der Waals surface area contributed by atoms with Crippen LogP contribution in [-0.4, -0.2) is 26.2 Å². The molecule has 0 atom stereocenters. The van der Waals surface area contributed by atoms with E-state index in [9.17, 15) is 9.90 Å². The Balaban J connectivity index is 1.71. The summed E-state index contributed by atoms with van der Waals surface area (Å²) in [6.45, 7) is 1.94. The van der Waals surface area contributed by atoms with E-state index >= 15 is 0 Å². The highest BCUT2D eigenvalue weighted by Gasteiger charge is 2.42. The Hall–Kier alpha value is -1.76. The first-order chi connectivity index (χ1) is 10.1. The molecule has 7 heteroatoms. The summed E-state index contributed by atoms with van der Waals surface area (Å²) >= 11 is 1.56. The molecule has 1 aliphatic rings. The van der Waals surface area contributed by atoms with Crippen molar-refractivity contribution in [2.45, 2.75) is 45.4 Å². The zero-order valence-electron chi connectivity index (χ0n) is 11.8. The second kappa shape index (κ2) is 5.55. The van der Waals surface area contributed by atoms with Gasteiger partial charge in [0.15, 0.2) is 5.82 Å². The van der Waals surface area contributed by atoms with Crippen LogP contribution in [0.4, 0.5) is 0 Å². The first kappa shape index (κ1) is 14.2. The molecule has 1 aliphatic carbocycles. The van der Waals surface area contributed by atoms with Gasteiger partial charge in [-0.3, -0.25) is 4.79 Å². The van der Waals surface area contributed by atoms with Gasteiger partial charge in [0.25, 0.3) is 0 Å². The van der Waals surface area contributed by atoms with Crippen LogP contribution in [0.3, 0.4) is 0 Å². The fourth-order valence-corrected chi connectivity index (χ4v) is 3.63. The quantitative estimate of drug-likeness (QED) is 0.913. The Morgan fingerprint density at radius 1 is 1.43 bits per heavy atom. The van der Waals surface area contributed by atoms with Crippen LogP contribution in [0.2, 0.25) is 0 Å². The van der Waals surface area contributed by atoms with Gasteiger partial charge in [-0.25, -0.2) is 4.98 Å². The fourth-order valence-electron chi connectivity index (χ4n) is 2.86. The molecule has 21 heavy (non-hydrogen) atoms. The molecule has 0 spiro atoms. The van der Waals surface area contributed by atoms with Gasteiger partial charge in [-0.15, -0.1) is 11.3 Å². The van der Waals surface area contributed by atoms with Gasteiger partial charge < -0.3 is 9.63 Å². The molecule has 112 valence electrons. The van der Waals surface area contributed by atoms with Crippen LogP contribution in [0.5, 0.6) is 0 Å². The molecule has 2 aromatic heterocycles. The predicted octanol–water partition coefficient (Wildman–Crippen LogP) is 2.61. The molecule has 0 bridgehead atoms. The SMILES string of the molecule is Cc1csc(Cc2noc(CC3(C(=O)O)CCCC3)n2)n1. The molecule has 6 nitrogen and oxygen atoms in total. The van der Waals surface area contributed by atoms with Gasteiger partial charge >= 0.3 is 5.97 Å². The highest BCUT2D eigenvalue weighted by Crippen LogP contribution is 2.41. The third-order valence-corrected chi connectivity index (χ3v) is 4.96. The summed E-state index contributed by atoms with van der Waals surface area (Å²) in [4.78, 5) is 20.2. The van der Waals surface area contributed by atoms with Gasteiger partial charge in [-0.2, -0.15) is 4.98 Å². The summed E-state index contributed by atoms with van der Waals surface area (Å²) in [7, 11) is 0. The summed E-state index contributed by atoms with van der Waals surface area (Å²) in [6, 6.07) is 0. The molecule has 1 N–H and O–H groups in total. The Morgan fingerprint density at radius 2 is 2.19 bits per heavy atom. The van der Waals surface area contributed by atoms with Crippen LogP contribution in [0.15, 0.2) is 9.90 Å². The zero-order valence-corrected chi connectivity index (χ0v) is 12.7. The summed E-state index contributed by atoms with van der Waals surface area (Å²) < 4.78 is 5.23. The normalized spacial score (nSPS) is 17.2. The number of carboxylic acid groups (broad SMARTS) is 1. The summed E-state index contributed by atoms with van der Waals surface area (Å²) in [5, 5.41) is 16.3. The molecule has 0 unspecified atom stereocenters. The van der Waals surface area contributed by atoms with Gasteiger partial charge in [0.05, 0.1) is 11.8 Å². The van der Waals surface area contributed by atoms with E-state index in [1.165, 1.54) is 0 Å². The van der Waals surface area contributed by atoms with Crippen LogP contribution in [-0.2, 0) is 17.6 Å². The monoisotopic (exact) mass is 307 g/mol. The first-order valence-electron chi connectivity index (χ1n) is 7.03. The van der Waals surface area contributed by atoms with E-state index < -0.39 is 11.4 Å². The molecule has 1 saturated carbocycles. The minimum atomic E-state index is -0.754. The van der Waals surface area contributed by atoms with Crippen LogP contribution >= 0.6 is 11.3 Å². The number of rotatable bonds is 5.